The Kier molecular flexibility index (Phi) is 7.32. The summed E-state index contributed by atoms with van der Waals surface area (Å²) in [4.78, 5) is 15.1. The maximum atomic E-state index is 12.8. The molecular weight excluding hydrogens is 388 g/mol. The van der Waals surface area contributed by atoms with Gasteiger partial charge in [0.2, 0.25) is 0 Å². The molecule has 0 unspecified atom stereocenters. The number of carbonyl (C=O) groups is 1. The van der Waals surface area contributed by atoms with Crippen LogP contribution in [0.1, 0.15) is 11.6 Å². The molecule has 0 saturated carbocycles. The zero-order chi connectivity index (χ0) is 21.3. The summed E-state index contributed by atoms with van der Waals surface area (Å²) in [6.07, 6.45) is 0. The van der Waals surface area contributed by atoms with E-state index in [1.54, 1.807) is 0 Å². The van der Waals surface area contributed by atoms with Crippen molar-refractivity contribution in [2.75, 3.05) is 39.5 Å². The van der Waals surface area contributed by atoms with Gasteiger partial charge in [-0.25, -0.2) is 0 Å². The molecule has 1 aliphatic rings. The normalized spacial score (nSPS) is 15.2. The lowest BCUT2D eigenvalue weighted by atomic mass is 10.0. The molecule has 1 atom stereocenters. The molecule has 0 radical (unpaired) electrons. The minimum Gasteiger partial charge on any atom is -0.483 e. The number of amides is 1. The lowest BCUT2D eigenvalue weighted by Gasteiger charge is -2.31. The smallest absolute Gasteiger partial charge is 0.258 e. The van der Waals surface area contributed by atoms with Crippen LogP contribution < -0.4 is 10.1 Å². The lowest BCUT2D eigenvalue weighted by Crippen LogP contribution is -2.44. The number of hydrogen-bond donors (Lipinski definition) is 1. The minimum atomic E-state index is -0.134. The van der Waals surface area contributed by atoms with E-state index in [0.717, 1.165) is 49.5 Å². The van der Waals surface area contributed by atoms with E-state index in [9.17, 15) is 4.79 Å². The van der Waals surface area contributed by atoms with E-state index in [-0.39, 0.29) is 18.6 Å². The SMILES string of the molecule is O=C(COc1ccccc1-c1ccccc1)N[C@H](CN1CCOCC1)c1ccccc1. The molecule has 1 heterocycles. The highest BCUT2D eigenvalue weighted by Crippen LogP contribution is 2.29. The van der Waals surface area contributed by atoms with Gasteiger partial charge in [0.05, 0.1) is 19.3 Å². The summed E-state index contributed by atoms with van der Waals surface area (Å²) in [5, 5.41) is 3.16. The third-order valence-corrected chi connectivity index (χ3v) is 5.41. The summed E-state index contributed by atoms with van der Waals surface area (Å²) < 4.78 is 11.4. The number of nitrogens with one attached hydrogen (secondary N) is 1. The minimum absolute atomic E-state index is 0.0315. The van der Waals surface area contributed by atoms with Crippen molar-refractivity contribution in [2.24, 2.45) is 0 Å². The molecule has 1 fully saturated rings. The van der Waals surface area contributed by atoms with Crippen LogP contribution in [-0.2, 0) is 9.53 Å². The molecule has 1 saturated heterocycles. The third kappa shape index (κ3) is 5.94. The van der Waals surface area contributed by atoms with Crippen LogP contribution in [-0.4, -0.2) is 50.3 Å². The summed E-state index contributed by atoms with van der Waals surface area (Å²) in [5.41, 5.74) is 3.13. The second-order valence-corrected chi connectivity index (χ2v) is 7.59. The standard InChI is InChI=1S/C26H28N2O3/c29-26(20-31-25-14-8-7-13-23(25)21-9-3-1-4-10-21)27-24(22-11-5-2-6-12-22)19-28-15-17-30-18-16-28/h1-14,24H,15-20H2,(H,27,29)/t24-/m1/s1. The van der Waals surface area contributed by atoms with Crippen molar-refractivity contribution in [3.63, 3.8) is 0 Å². The van der Waals surface area contributed by atoms with Gasteiger partial charge in [-0.05, 0) is 17.2 Å². The molecule has 1 amide bonds. The van der Waals surface area contributed by atoms with Gasteiger partial charge in [0, 0.05) is 25.2 Å². The molecular formula is C26H28N2O3. The monoisotopic (exact) mass is 416 g/mol. The molecule has 5 nitrogen and oxygen atoms in total. The van der Waals surface area contributed by atoms with Crippen LogP contribution in [0.5, 0.6) is 5.75 Å². The van der Waals surface area contributed by atoms with E-state index in [0.29, 0.717) is 5.75 Å². The second kappa shape index (κ2) is 10.8. The zero-order valence-electron chi connectivity index (χ0n) is 17.6. The molecule has 0 bridgehead atoms. The highest BCUT2D eigenvalue weighted by Gasteiger charge is 2.20. The number of ether oxygens (including phenoxy) is 2. The Hall–Kier alpha value is -3.15. The Bertz CT molecular complexity index is 957. The van der Waals surface area contributed by atoms with Gasteiger partial charge in [-0.1, -0.05) is 78.9 Å². The van der Waals surface area contributed by atoms with Crippen molar-refractivity contribution in [1.29, 1.82) is 0 Å². The fourth-order valence-electron chi connectivity index (χ4n) is 3.79. The molecule has 160 valence electrons. The van der Waals surface area contributed by atoms with Crippen LogP contribution in [0.3, 0.4) is 0 Å². The summed E-state index contributed by atoms with van der Waals surface area (Å²) in [7, 11) is 0. The maximum absolute atomic E-state index is 12.8. The van der Waals surface area contributed by atoms with Gasteiger partial charge in [0.1, 0.15) is 5.75 Å². The maximum Gasteiger partial charge on any atom is 0.258 e. The van der Waals surface area contributed by atoms with Crippen molar-refractivity contribution in [1.82, 2.24) is 10.2 Å². The third-order valence-electron chi connectivity index (χ3n) is 5.41. The Morgan fingerprint density at radius 1 is 0.903 bits per heavy atom. The van der Waals surface area contributed by atoms with Crippen LogP contribution in [0, 0.1) is 0 Å². The van der Waals surface area contributed by atoms with Crippen LogP contribution in [0.4, 0.5) is 0 Å². The van der Waals surface area contributed by atoms with E-state index in [1.807, 2.05) is 72.8 Å². The first-order chi connectivity index (χ1) is 15.3. The van der Waals surface area contributed by atoms with Gasteiger partial charge in [0.25, 0.3) is 5.91 Å². The number of carbonyl (C=O) groups excluding carboxylic acids is 1. The summed E-state index contributed by atoms with van der Waals surface area (Å²) >= 11 is 0. The lowest BCUT2D eigenvalue weighted by molar-refractivity contribution is -0.124. The van der Waals surface area contributed by atoms with E-state index in [2.05, 4.69) is 22.3 Å². The van der Waals surface area contributed by atoms with Gasteiger partial charge in [-0.15, -0.1) is 0 Å². The molecule has 1 N–H and O–H groups in total. The van der Waals surface area contributed by atoms with Crippen molar-refractivity contribution in [2.45, 2.75) is 6.04 Å². The highest BCUT2D eigenvalue weighted by molar-refractivity contribution is 5.79. The van der Waals surface area contributed by atoms with Gasteiger partial charge in [0.15, 0.2) is 6.61 Å². The van der Waals surface area contributed by atoms with Gasteiger partial charge >= 0.3 is 0 Å². The zero-order valence-corrected chi connectivity index (χ0v) is 17.6. The first-order valence-electron chi connectivity index (χ1n) is 10.7. The fraction of sp³-hybridized carbons (Fsp3) is 0.269. The number of rotatable bonds is 8. The Morgan fingerprint density at radius 2 is 1.55 bits per heavy atom. The molecule has 3 aromatic carbocycles. The fourth-order valence-corrected chi connectivity index (χ4v) is 3.79. The summed E-state index contributed by atoms with van der Waals surface area (Å²) in [6.45, 7) is 3.93. The topological polar surface area (TPSA) is 50.8 Å². The van der Waals surface area contributed by atoms with Gasteiger partial charge in [-0.2, -0.15) is 0 Å². The van der Waals surface area contributed by atoms with Crippen molar-refractivity contribution in [3.8, 4) is 16.9 Å². The van der Waals surface area contributed by atoms with Crippen molar-refractivity contribution >= 4 is 5.91 Å². The largest absolute Gasteiger partial charge is 0.483 e. The molecule has 0 aliphatic carbocycles. The quantitative estimate of drug-likeness (QED) is 0.605. The van der Waals surface area contributed by atoms with Gasteiger partial charge in [-0.3, -0.25) is 9.69 Å². The average molecular weight is 417 g/mol. The highest BCUT2D eigenvalue weighted by atomic mass is 16.5. The molecule has 5 heteroatoms. The molecule has 3 aromatic rings. The first kappa shape index (κ1) is 21.1. The van der Waals surface area contributed by atoms with Crippen LogP contribution >= 0.6 is 0 Å². The molecule has 31 heavy (non-hydrogen) atoms. The molecule has 4 rings (SSSR count). The van der Waals surface area contributed by atoms with Crippen molar-refractivity contribution < 1.29 is 14.3 Å². The van der Waals surface area contributed by atoms with E-state index < -0.39 is 0 Å². The van der Waals surface area contributed by atoms with Crippen LogP contribution in [0.25, 0.3) is 11.1 Å². The molecule has 0 aromatic heterocycles. The predicted octanol–water partition coefficient (Wildman–Crippen LogP) is 3.92. The average Bonchev–Trinajstić information content (AvgIpc) is 2.84. The predicted molar refractivity (Wildman–Crippen MR) is 122 cm³/mol. The Labute approximate surface area is 183 Å². The van der Waals surface area contributed by atoms with E-state index >= 15 is 0 Å². The van der Waals surface area contributed by atoms with Gasteiger partial charge < -0.3 is 14.8 Å². The summed E-state index contributed by atoms with van der Waals surface area (Å²) in [6, 6.07) is 27.9. The number of morpholine rings is 1. The Morgan fingerprint density at radius 3 is 2.29 bits per heavy atom. The second-order valence-electron chi connectivity index (χ2n) is 7.59. The Balaban J connectivity index is 1.41. The summed E-state index contributed by atoms with van der Waals surface area (Å²) in [5.74, 6) is 0.568. The molecule has 1 aliphatic heterocycles. The number of nitrogens with zero attached hydrogens (tertiary/aromatic N) is 1. The molecule has 0 spiro atoms. The van der Waals surface area contributed by atoms with E-state index in [1.165, 1.54) is 0 Å². The first-order valence-corrected chi connectivity index (χ1v) is 10.7. The van der Waals surface area contributed by atoms with E-state index in [4.69, 9.17) is 9.47 Å². The number of hydrogen-bond acceptors (Lipinski definition) is 4. The number of para-hydroxylation sites is 1. The van der Waals surface area contributed by atoms with Crippen LogP contribution in [0.2, 0.25) is 0 Å². The van der Waals surface area contributed by atoms with Crippen LogP contribution in [0.15, 0.2) is 84.9 Å². The van der Waals surface area contributed by atoms with Crippen molar-refractivity contribution in [3.05, 3.63) is 90.5 Å². The number of benzene rings is 3.